The normalized spacial score (nSPS) is 20.4. The monoisotopic (exact) mass is 314 g/mol. The second-order valence-corrected chi connectivity index (χ2v) is 6.95. The van der Waals surface area contributed by atoms with Crippen molar-refractivity contribution in [2.24, 2.45) is 21.8 Å². The maximum atomic E-state index is 12.1. The fourth-order valence-corrected chi connectivity index (χ4v) is 2.59. The van der Waals surface area contributed by atoms with Crippen LogP contribution in [0.15, 0.2) is 5.10 Å². The molecule has 0 amide bonds. The molecule has 0 aromatic rings. The van der Waals surface area contributed by atoms with Crippen molar-refractivity contribution < 1.29 is 24.2 Å². The number of ether oxygens (including phenoxy) is 2. The molecule has 0 bridgehead atoms. The Balaban J connectivity index is 3.17. The molecule has 0 aromatic heterocycles. The molecule has 0 spiro atoms. The Morgan fingerprint density at radius 1 is 1.32 bits per heavy atom. The fraction of sp³-hybridized carbons (Fsp3) is 0.800. The van der Waals surface area contributed by atoms with Crippen molar-refractivity contribution in [1.29, 1.82) is 0 Å². The minimum Gasteiger partial charge on any atom is -0.468 e. The third-order valence-corrected chi connectivity index (χ3v) is 3.87. The van der Waals surface area contributed by atoms with Gasteiger partial charge in [0.1, 0.15) is 0 Å². The van der Waals surface area contributed by atoms with E-state index in [1.807, 2.05) is 27.7 Å². The average Bonchev–Trinajstić information content (AvgIpc) is 2.74. The van der Waals surface area contributed by atoms with Crippen LogP contribution in [0.2, 0.25) is 0 Å². The van der Waals surface area contributed by atoms with Gasteiger partial charge in [-0.3, -0.25) is 14.6 Å². The number of esters is 2. The molecule has 0 fully saturated rings. The van der Waals surface area contributed by atoms with Crippen molar-refractivity contribution in [3.63, 3.8) is 0 Å². The zero-order valence-corrected chi connectivity index (χ0v) is 14.1. The molecule has 0 radical (unpaired) electrons. The lowest BCUT2D eigenvalue weighted by molar-refractivity contribution is -0.164. The number of hydrogen-bond acceptors (Lipinski definition) is 7. The summed E-state index contributed by atoms with van der Waals surface area (Å²) in [6.07, 6.45) is 1.71. The molecular formula is C15H26N2O5. The number of aliphatic hydroxyl groups is 1. The van der Waals surface area contributed by atoms with Gasteiger partial charge in [-0.15, -0.1) is 0 Å². The molecular weight excluding hydrogens is 288 g/mol. The molecule has 1 N–H and O–H groups in total. The van der Waals surface area contributed by atoms with Gasteiger partial charge in [0, 0.05) is 30.2 Å². The molecule has 0 aromatic carbocycles. The summed E-state index contributed by atoms with van der Waals surface area (Å²) in [6, 6.07) is -0.529. The van der Waals surface area contributed by atoms with Crippen molar-refractivity contribution in [2.75, 3.05) is 27.4 Å². The van der Waals surface area contributed by atoms with Crippen molar-refractivity contribution >= 4 is 18.2 Å². The van der Waals surface area contributed by atoms with Crippen LogP contribution in [0, 0.1) is 16.7 Å². The van der Waals surface area contributed by atoms with Crippen molar-refractivity contribution in [3.05, 3.63) is 0 Å². The molecule has 1 heterocycles. The molecule has 7 heteroatoms. The lowest BCUT2D eigenvalue weighted by Gasteiger charge is -2.38. The van der Waals surface area contributed by atoms with Gasteiger partial charge in [0.15, 0.2) is 5.92 Å². The SMILES string of the molecule is COC(=O)C(C(=O)OC)C1N(CC(C)(C)CO)N=CC1(C)C. The predicted molar refractivity (Wildman–Crippen MR) is 81.2 cm³/mol. The van der Waals surface area contributed by atoms with E-state index >= 15 is 0 Å². The lowest BCUT2D eigenvalue weighted by Crippen LogP contribution is -2.52. The number of methoxy groups -OCH3 is 2. The number of nitrogens with zero attached hydrogens (tertiary/aromatic N) is 2. The molecule has 0 aliphatic carbocycles. The van der Waals surface area contributed by atoms with Gasteiger partial charge in [-0.05, 0) is 0 Å². The first-order valence-electron chi connectivity index (χ1n) is 7.18. The Morgan fingerprint density at radius 3 is 2.23 bits per heavy atom. The first kappa shape index (κ1) is 18.4. The Morgan fingerprint density at radius 2 is 1.82 bits per heavy atom. The van der Waals surface area contributed by atoms with E-state index in [0.29, 0.717) is 6.54 Å². The zero-order chi connectivity index (χ0) is 17.1. The molecule has 0 saturated carbocycles. The molecule has 7 nitrogen and oxygen atoms in total. The summed E-state index contributed by atoms with van der Waals surface area (Å²) in [5.74, 6) is -2.40. The molecule has 1 atom stereocenters. The van der Waals surface area contributed by atoms with E-state index in [9.17, 15) is 14.7 Å². The molecule has 0 saturated heterocycles. The van der Waals surface area contributed by atoms with Gasteiger partial charge in [-0.1, -0.05) is 27.7 Å². The molecule has 126 valence electrons. The van der Waals surface area contributed by atoms with Gasteiger partial charge in [0.05, 0.1) is 20.3 Å². The highest BCUT2D eigenvalue weighted by atomic mass is 16.5. The van der Waals surface area contributed by atoms with Crippen molar-refractivity contribution in [1.82, 2.24) is 5.01 Å². The van der Waals surface area contributed by atoms with Gasteiger partial charge in [0.25, 0.3) is 0 Å². The molecule has 1 aliphatic heterocycles. The molecule has 1 aliphatic rings. The van der Waals surface area contributed by atoms with E-state index in [4.69, 9.17) is 9.47 Å². The van der Waals surface area contributed by atoms with Crippen LogP contribution in [0.25, 0.3) is 0 Å². The smallest absolute Gasteiger partial charge is 0.322 e. The standard InChI is InChI=1S/C15H26N2O5/c1-14(2,9-18)8-17-11(15(3,4)7-16-17)10(12(19)21-5)13(20)22-6/h7,10-11,18H,8-9H2,1-6H3. The second-order valence-electron chi connectivity index (χ2n) is 6.95. The molecule has 1 unspecified atom stereocenters. The number of hydrazone groups is 1. The highest BCUT2D eigenvalue weighted by Crippen LogP contribution is 2.37. The van der Waals surface area contributed by atoms with Crippen LogP contribution in [0.4, 0.5) is 0 Å². The summed E-state index contributed by atoms with van der Waals surface area (Å²) in [6.45, 7) is 7.93. The van der Waals surface area contributed by atoms with Gasteiger partial charge in [0.2, 0.25) is 0 Å². The van der Waals surface area contributed by atoms with Crippen LogP contribution in [-0.4, -0.2) is 61.7 Å². The summed E-state index contributed by atoms with van der Waals surface area (Å²) < 4.78 is 9.55. The van der Waals surface area contributed by atoms with Crippen LogP contribution >= 0.6 is 0 Å². The number of aliphatic hydroxyl groups excluding tert-OH is 1. The van der Waals surface area contributed by atoms with Gasteiger partial charge >= 0.3 is 11.9 Å². The third-order valence-electron chi connectivity index (χ3n) is 3.87. The van der Waals surface area contributed by atoms with Crippen LogP contribution < -0.4 is 0 Å². The minimum absolute atomic E-state index is 0.0344. The highest BCUT2D eigenvalue weighted by molar-refractivity contribution is 5.96. The van der Waals surface area contributed by atoms with Gasteiger partial charge in [-0.2, -0.15) is 5.10 Å². The Labute approximate surface area is 131 Å². The van der Waals surface area contributed by atoms with E-state index < -0.39 is 34.7 Å². The maximum Gasteiger partial charge on any atom is 0.322 e. The van der Waals surface area contributed by atoms with Crippen molar-refractivity contribution in [3.8, 4) is 0 Å². The Hall–Kier alpha value is -1.63. The lowest BCUT2D eigenvalue weighted by atomic mass is 9.78. The number of rotatable bonds is 6. The maximum absolute atomic E-state index is 12.1. The number of carbonyl (C=O) groups excluding carboxylic acids is 2. The van der Waals surface area contributed by atoms with Crippen LogP contribution in [0.5, 0.6) is 0 Å². The topological polar surface area (TPSA) is 88.4 Å². The van der Waals surface area contributed by atoms with Crippen molar-refractivity contribution in [2.45, 2.75) is 33.7 Å². The first-order chi connectivity index (χ1) is 10.1. The summed E-state index contributed by atoms with van der Waals surface area (Å²) in [5, 5.41) is 15.5. The van der Waals surface area contributed by atoms with E-state index in [0.717, 1.165) is 0 Å². The largest absolute Gasteiger partial charge is 0.468 e. The van der Waals surface area contributed by atoms with E-state index in [-0.39, 0.29) is 6.61 Å². The Kier molecular flexibility index (Phi) is 5.56. The summed E-state index contributed by atoms with van der Waals surface area (Å²) >= 11 is 0. The van der Waals surface area contributed by atoms with E-state index in [2.05, 4.69) is 5.10 Å². The first-order valence-corrected chi connectivity index (χ1v) is 7.18. The third kappa shape index (κ3) is 3.76. The molecule has 22 heavy (non-hydrogen) atoms. The quantitative estimate of drug-likeness (QED) is 0.572. The predicted octanol–water partition coefficient (Wildman–Crippen LogP) is 0.663. The fourth-order valence-electron chi connectivity index (χ4n) is 2.59. The van der Waals surface area contributed by atoms with Gasteiger partial charge < -0.3 is 14.6 Å². The van der Waals surface area contributed by atoms with E-state index in [1.54, 1.807) is 11.2 Å². The Bertz CT molecular complexity index is 443. The summed E-state index contributed by atoms with van der Waals surface area (Å²) in [7, 11) is 2.48. The zero-order valence-electron chi connectivity index (χ0n) is 14.1. The highest BCUT2D eigenvalue weighted by Gasteiger charge is 2.51. The second kappa shape index (κ2) is 6.64. The summed E-state index contributed by atoms with van der Waals surface area (Å²) in [4.78, 5) is 24.2. The van der Waals surface area contributed by atoms with Gasteiger partial charge in [-0.25, -0.2) is 0 Å². The number of hydrogen-bond donors (Lipinski definition) is 1. The average molecular weight is 314 g/mol. The van der Waals surface area contributed by atoms with Crippen LogP contribution in [0.3, 0.4) is 0 Å². The van der Waals surface area contributed by atoms with Crippen LogP contribution in [-0.2, 0) is 19.1 Å². The van der Waals surface area contributed by atoms with Crippen LogP contribution in [0.1, 0.15) is 27.7 Å². The van der Waals surface area contributed by atoms with E-state index in [1.165, 1.54) is 14.2 Å². The molecule has 1 rings (SSSR count). The summed E-state index contributed by atoms with van der Waals surface area (Å²) in [5.41, 5.74) is -0.939. The number of carbonyl (C=O) groups is 2. The minimum atomic E-state index is -1.10.